The van der Waals surface area contributed by atoms with Crippen LogP contribution in [0.1, 0.15) is 22.3 Å². The smallest absolute Gasteiger partial charge is 0.179 e. The van der Waals surface area contributed by atoms with Crippen LogP contribution in [0.3, 0.4) is 0 Å². The average molecular weight is 825 g/mol. The van der Waals surface area contributed by atoms with Crippen LogP contribution in [0.5, 0.6) is 0 Å². The van der Waals surface area contributed by atoms with Crippen molar-refractivity contribution in [1.82, 2.24) is 0 Å². The van der Waals surface area contributed by atoms with E-state index in [1.807, 2.05) is 0 Å². The first-order valence-corrected chi connectivity index (χ1v) is 22.0. The van der Waals surface area contributed by atoms with Gasteiger partial charge in [0.05, 0.1) is 0 Å². The second kappa shape index (κ2) is 14.8. The first-order valence-electron chi connectivity index (χ1n) is 22.0. The van der Waals surface area contributed by atoms with Gasteiger partial charge in [0.25, 0.3) is 0 Å². The maximum atomic E-state index is 7.02. The van der Waals surface area contributed by atoms with Crippen LogP contribution in [-0.2, 0) is 0 Å². The first kappa shape index (κ1) is 37.7. The number of anilines is 6. The van der Waals surface area contributed by atoms with E-state index in [4.69, 9.17) is 8.83 Å². The Bertz CT molecular complexity index is 3770. The van der Waals surface area contributed by atoms with E-state index in [1.54, 1.807) is 0 Å². The number of rotatable bonds is 7. The van der Waals surface area contributed by atoms with Crippen molar-refractivity contribution in [2.75, 3.05) is 9.80 Å². The molecule has 2 aromatic heterocycles. The Labute approximate surface area is 371 Å². The molecule has 12 aromatic rings. The Kier molecular flexibility index (Phi) is 8.70. The summed E-state index contributed by atoms with van der Waals surface area (Å²) in [5.41, 5.74) is 17.0. The van der Waals surface area contributed by atoms with Crippen molar-refractivity contribution in [2.45, 2.75) is 27.7 Å². The van der Waals surface area contributed by atoms with Crippen LogP contribution in [0, 0.1) is 27.7 Å². The quantitative estimate of drug-likeness (QED) is 0.160. The minimum atomic E-state index is 0.757. The molecule has 0 spiro atoms. The third kappa shape index (κ3) is 6.21. The van der Waals surface area contributed by atoms with Crippen molar-refractivity contribution < 1.29 is 8.83 Å². The number of para-hydroxylation sites is 2. The number of aryl methyl sites for hydroxylation is 4. The molecule has 2 heterocycles. The van der Waals surface area contributed by atoms with Gasteiger partial charge >= 0.3 is 0 Å². The summed E-state index contributed by atoms with van der Waals surface area (Å²) in [6, 6.07) is 69.9. The van der Waals surface area contributed by atoms with Crippen LogP contribution in [0.2, 0.25) is 0 Å². The van der Waals surface area contributed by atoms with Gasteiger partial charge < -0.3 is 18.6 Å². The van der Waals surface area contributed by atoms with Gasteiger partial charge in [-0.15, -0.1) is 0 Å². The summed E-state index contributed by atoms with van der Waals surface area (Å²) in [7, 11) is 0. The first-order chi connectivity index (χ1) is 31.3. The molecule has 0 unspecified atom stereocenters. The molecular formula is C60H44N2O2. The van der Waals surface area contributed by atoms with Crippen molar-refractivity contribution in [3.63, 3.8) is 0 Å². The molecule has 0 N–H and O–H groups in total. The zero-order chi connectivity index (χ0) is 43.1. The Morgan fingerprint density at radius 2 is 0.828 bits per heavy atom. The summed E-state index contributed by atoms with van der Waals surface area (Å²) in [4.78, 5) is 4.70. The van der Waals surface area contributed by atoms with E-state index in [1.165, 1.54) is 22.3 Å². The van der Waals surface area contributed by atoms with Gasteiger partial charge in [-0.1, -0.05) is 103 Å². The normalized spacial score (nSPS) is 11.8. The van der Waals surface area contributed by atoms with E-state index in [0.717, 1.165) is 111 Å². The summed E-state index contributed by atoms with van der Waals surface area (Å²) in [6.45, 7) is 8.66. The molecule has 306 valence electrons. The molecule has 0 radical (unpaired) electrons. The predicted octanol–water partition coefficient (Wildman–Crippen LogP) is 17.6. The molecule has 0 aliphatic carbocycles. The Hall–Kier alpha value is -8.08. The molecular weight excluding hydrogens is 781 g/mol. The molecule has 0 aliphatic rings. The molecule has 4 nitrogen and oxygen atoms in total. The second-order valence-electron chi connectivity index (χ2n) is 17.3. The van der Waals surface area contributed by atoms with Gasteiger partial charge in [-0.2, -0.15) is 0 Å². The van der Waals surface area contributed by atoms with Gasteiger partial charge in [0, 0.05) is 55.7 Å². The van der Waals surface area contributed by atoms with Crippen LogP contribution in [0.25, 0.3) is 76.5 Å². The van der Waals surface area contributed by atoms with E-state index in [0.29, 0.717) is 0 Å². The summed E-state index contributed by atoms with van der Waals surface area (Å²) in [5, 5.41) is 8.71. The van der Waals surface area contributed by atoms with Crippen LogP contribution in [-0.4, -0.2) is 0 Å². The summed E-state index contributed by atoms with van der Waals surface area (Å²) >= 11 is 0. The largest absolute Gasteiger partial charge is 0.452 e. The highest BCUT2D eigenvalue weighted by molar-refractivity contribution is 6.26. The number of hydrogen-bond donors (Lipinski definition) is 0. The Morgan fingerprint density at radius 1 is 0.344 bits per heavy atom. The summed E-state index contributed by atoms with van der Waals surface area (Å²) < 4.78 is 14.0. The lowest BCUT2D eigenvalue weighted by Gasteiger charge is -2.27. The molecule has 4 heteroatoms. The van der Waals surface area contributed by atoms with Crippen molar-refractivity contribution in [3.8, 4) is 11.1 Å². The number of furan rings is 2. The van der Waals surface area contributed by atoms with E-state index in [2.05, 4.69) is 232 Å². The van der Waals surface area contributed by atoms with Gasteiger partial charge in [0.15, 0.2) is 11.2 Å². The van der Waals surface area contributed by atoms with Gasteiger partial charge in [-0.3, -0.25) is 0 Å². The molecule has 0 saturated carbocycles. The predicted molar refractivity (Wildman–Crippen MR) is 270 cm³/mol. The third-order valence-electron chi connectivity index (χ3n) is 12.9. The maximum absolute atomic E-state index is 7.02. The topological polar surface area (TPSA) is 32.8 Å². The molecule has 0 saturated heterocycles. The lowest BCUT2D eigenvalue weighted by Crippen LogP contribution is -2.11. The molecule has 10 aromatic carbocycles. The second-order valence-corrected chi connectivity index (χ2v) is 17.3. The summed E-state index contributed by atoms with van der Waals surface area (Å²) in [6.07, 6.45) is 0. The number of fused-ring (bicyclic) bond motifs is 9. The molecule has 0 fully saturated rings. The third-order valence-corrected chi connectivity index (χ3v) is 12.9. The maximum Gasteiger partial charge on any atom is 0.179 e. The van der Waals surface area contributed by atoms with Gasteiger partial charge in [-0.25, -0.2) is 0 Å². The van der Waals surface area contributed by atoms with Crippen molar-refractivity contribution in [2.24, 2.45) is 0 Å². The number of hydrogen-bond acceptors (Lipinski definition) is 4. The van der Waals surface area contributed by atoms with E-state index in [-0.39, 0.29) is 0 Å². The molecule has 64 heavy (non-hydrogen) atoms. The molecule has 0 bridgehead atoms. The highest BCUT2D eigenvalue weighted by Gasteiger charge is 2.23. The lowest BCUT2D eigenvalue weighted by atomic mass is 9.95. The van der Waals surface area contributed by atoms with Crippen molar-refractivity contribution in [3.05, 3.63) is 216 Å². The standard InChI is InChI=1S/C60H44N2O2/c1-37-20-22-39(3)54(28-37)61(46-16-10-6-11-17-46)48-26-24-42-32-51-52-36-50(41-14-8-5-9-15-41)58-53-33-43-25-27-49(62(47-18-12-7-13-19-47)55-29-38(2)21-23-40(55)4)31-45(43)35-57(53)64-60(58)59(52)63-56(51)34-44(42)30-48/h5-36H,1-4H3. The fourth-order valence-electron chi connectivity index (χ4n) is 9.68. The number of benzene rings is 10. The zero-order valence-electron chi connectivity index (χ0n) is 36.2. The highest BCUT2D eigenvalue weighted by Crippen LogP contribution is 2.47. The molecule has 0 amide bonds. The molecule has 12 rings (SSSR count). The fraction of sp³-hybridized carbons (Fsp3) is 0.0667. The van der Waals surface area contributed by atoms with E-state index < -0.39 is 0 Å². The number of nitrogens with zero attached hydrogens (tertiary/aromatic N) is 2. The van der Waals surface area contributed by atoms with Crippen LogP contribution in [0.4, 0.5) is 34.1 Å². The van der Waals surface area contributed by atoms with Crippen LogP contribution < -0.4 is 9.80 Å². The molecule has 0 atom stereocenters. The lowest BCUT2D eigenvalue weighted by molar-refractivity contribution is 0.634. The van der Waals surface area contributed by atoms with Crippen LogP contribution >= 0.6 is 0 Å². The van der Waals surface area contributed by atoms with Gasteiger partial charge in [0.1, 0.15) is 11.2 Å². The van der Waals surface area contributed by atoms with Gasteiger partial charge in [0.2, 0.25) is 0 Å². The Morgan fingerprint density at radius 3 is 1.38 bits per heavy atom. The van der Waals surface area contributed by atoms with E-state index in [9.17, 15) is 0 Å². The highest BCUT2D eigenvalue weighted by atomic mass is 16.4. The SMILES string of the molecule is Cc1ccc(C)c(N(c2ccccc2)c2ccc3cc4c(cc3c2)oc2c4cc(-c3ccccc3)c3c4cc5ccc(N(c6ccccc6)c6cc(C)ccc6C)cc5cc4oc23)c1. The zero-order valence-corrected chi connectivity index (χ0v) is 36.2. The van der Waals surface area contributed by atoms with Crippen molar-refractivity contribution >= 4 is 99.5 Å². The average Bonchev–Trinajstić information content (AvgIpc) is 3.88. The minimum Gasteiger partial charge on any atom is -0.452 e. The Balaban J connectivity index is 1.05. The van der Waals surface area contributed by atoms with E-state index >= 15 is 0 Å². The molecule has 0 aliphatic heterocycles. The van der Waals surface area contributed by atoms with Crippen molar-refractivity contribution in [1.29, 1.82) is 0 Å². The monoisotopic (exact) mass is 824 g/mol. The fourth-order valence-corrected chi connectivity index (χ4v) is 9.68. The minimum absolute atomic E-state index is 0.757. The summed E-state index contributed by atoms with van der Waals surface area (Å²) in [5.74, 6) is 0. The van der Waals surface area contributed by atoms with Crippen LogP contribution in [0.15, 0.2) is 203 Å². The van der Waals surface area contributed by atoms with Gasteiger partial charge in [-0.05, 0) is 174 Å².